The molecule has 0 aromatic rings. The van der Waals surface area contributed by atoms with Crippen molar-refractivity contribution in [2.75, 3.05) is 26.7 Å². The third-order valence-electron chi connectivity index (χ3n) is 2.42. The van der Waals surface area contributed by atoms with E-state index in [1.807, 2.05) is 6.92 Å². The van der Waals surface area contributed by atoms with E-state index < -0.39 is 6.10 Å². The van der Waals surface area contributed by atoms with Gasteiger partial charge in [0.05, 0.1) is 19.1 Å². The Kier molecular flexibility index (Phi) is 3.46. The summed E-state index contributed by atoms with van der Waals surface area (Å²) in [5, 5.41) is 9.19. The van der Waals surface area contributed by atoms with Crippen molar-refractivity contribution >= 4 is 11.8 Å². The number of carbonyl (C=O) groups is 2. The van der Waals surface area contributed by atoms with Crippen LogP contribution in [0, 0.1) is 0 Å². The van der Waals surface area contributed by atoms with Crippen LogP contribution >= 0.6 is 0 Å². The first kappa shape index (κ1) is 11.0. The van der Waals surface area contributed by atoms with E-state index in [1.54, 1.807) is 11.9 Å². The molecule has 14 heavy (non-hydrogen) atoms. The highest BCUT2D eigenvalue weighted by molar-refractivity contribution is 5.86. The first-order valence-corrected chi connectivity index (χ1v) is 4.74. The van der Waals surface area contributed by atoms with E-state index in [9.17, 15) is 14.7 Å². The number of β-amino-alcohol motifs (C(OH)–C–C–N with tert-alkyl or cyclic N) is 1. The van der Waals surface area contributed by atoms with Crippen LogP contribution in [0.15, 0.2) is 0 Å². The quantitative estimate of drug-likeness (QED) is 0.639. The summed E-state index contributed by atoms with van der Waals surface area (Å²) >= 11 is 0. The zero-order valence-corrected chi connectivity index (χ0v) is 8.56. The van der Waals surface area contributed by atoms with Crippen molar-refractivity contribution in [2.45, 2.75) is 19.4 Å². The van der Waals surface area contributed by atoms with Crippen molar-refractivity contribution in [3.05, 3.63) is 0 Å². The first-order valence-electron chi connectivity index (χ1n) is 4.74. The van der Waals surface area contributed by atoms with Gasteiger partial charge < -0.3 is 14.9 Å². The van der Waals surface area contributed by atoms with Gasteiger partial charge in [0.15, 0.2) is 0 Å². The van der Waals surface area contributed by atoms with E-state index >= 15 is 0 Å². The number of hydrogen-bond donors (Lipinski definition) is 1. The summed E-state index contributed by atoms with van der Waals surface area (Å²) in [6.07, 6.45) is -0.467. The second-order valence-corrected chi connectivity index (χ2v) is 3.54. The summed E-state index contributed by atoms with van der Waals surface area (Å²) in [6.45, 7) is 2.87. The van der Waals surface area contributed by atoms with Gasteiger partial charge in [0.2, 0.25) is 11.8 Å². The minimum Gasteiger partial charge on any atom is -0.391 e. The minimum atomic E-state index is -0.609. The van der Waals surface area contributed by atoms with Crippen molar-refractivity contribution in [3.63, 3.8) is 0 Å². The standard InChI is InChI=1S/C9H16N2O3/c1-3-10(2)9(14)6-11-5-7(12)4-8(11)13/h7,12H,3-6H2,1-2H3. The third kappa shape index (κ3) is 2.45. The molecule has 1 N–H and O–H groups in total. The number of rotatable bonds is 3. The number of aliphatic hydroxyl groups is 1. The number of carbonyl (C=O) groups excluding carboxylic acids is 2. The SMILES string of the molecule is CCN(C)C(=O)CN1CC(O)CC1=O. The normalized spacial score (nSPS) is 21.5. The maximum atomic E-state index is 11.4. The number of nitrogens with zero attached hydrogens (tertiary/aromatic N) is 2. The van der Waals surface area contributed by atoms with E-state index in [-0.39, 0.29) is 31.3 Å². The Labute approximate surface area is 83.3 Å². The molecule has 80 valence electrons. The fraction of sp³-hybridized carbons (Fsp3) is 0.778. The van der Waals surface area contributed by atoms with Gasteiger partial charge in [-0.25, -0.2) is 0 Å². The molecule has 0 spiro atoms. The zero-order chi connectivity index (χ0) is 10.7. The summed E-state index contributed by atoms with van der Waals surface area (Å²) in [5.41, 5.74) is 0. The molecular formula is C9H16N2O3. The van der Waals surface area contributed by atoms with E-state index in [0.29, 0.717) is 6.54 Å². The lowest BCUT2D eigenvalue weighted by molar-refractivity contribution is -0.137. The van der Waals surface area contributed by atoms with Gasteiger partial charge in [0.25, 0.3) is 0 Å². The van der Waals surface area contributed by atoms with Crippen LogP contribution in [0.4, 0.5) is 0 Å². The van der Waals surface area contributed by atoms with Crippen LogP contribution in [0.3, 0.4) is 0 Å². The Hall–Kier alpha value is -1.10. The Bertz CT molecular complexity index is 242. The fourth-order valence-electron chi connectivity index (χ4n) is 1.36. The van der Waals surface area contributed by atoms with Crippen LogP contribution < -0.4 is 0 Å². The summed E-state index contributed by atoms with van der Waals surface area (Å²) in [7, 11) is 1.69. The van der Waals surface area contributed by atoms with E-state index in [0.717, 1.165) is 0 Å². The smallest absolute Gasteiger partial charge is 0.241 e. The average molecular weight is 200 g/mol. The van der Waals surface area contributed by atoms with Gasteiger partial charge in [-0.2, -0.15) is 0 Å². The molecule has 0 radical (unpaired) electrons. The lowest BCUT2D eigenvalue weighted by Crippen LogP contribution is -2.39. The van der Waals surface area contributed by atoms with E-state index in [2.05, 4.69) is 0 Å². The summed E-state index contributed by atoms with van der Waals surface area (Å²) in [5.74, 6) is -0.231. The second-order valence-electron chi connectivity index (χ2n) is 3.54. The predicted molar refractivity (Wildman–Crippen MR) is 50.5 cm³/mol. The maximum absolute atomic E-state index is 11.4. The Morgan fingerprint density at radius 1 is 1.71 bits per heavy atom. The Morgan fingerprint density at radius 3 is 2.79 bits per heavy atom. The number of amides is 2. The highest BCUT2D eigenvalue weighted by atomic mass is 16.3. The molecule has 1 heterocycles. The minimum absolute atomic E-state index is 0.0836. The largest absolute Gasteiger partial charge is 0.391 e. The van der Waals surface area contributed by atoms with Crippen LogP contribution in [0.25, 0.3) is 0 Å². The average Bonchev–Trinajstić information content (AvgIpc) is 2.44. The summed E-state index contributed by atoms with van der Waals surface area (Å²) in [6, 6.07) is 0. The molecule has 0 bridgehead atoms. The first-order chi connectivity index (χ1) is 6.54. The van der Waals surface area contributed by atoms with Crippen molar-refractivity contribution < 1.29 is 14.7 Å². The molecular weight excluding hydrogens is 184 g/mol. The van der Waals surface area contributed by atoms with Gasteiger partial charge in [-0.3, -0.25) is 9.59 Å². The number of hydrogen-bond acceptors (Lipinski definition) is 3. The van der Waals surface area contributed by atoms with Crippen LogP contribution in [0.5, 0.6) is 0 Å². The predicted octanol–water partition coefficient (Wildman–Crippen LogP) is -0.942. The van der Waals surface area contributed by atoms with Gasteiger partial charge >= 0.3 is 0 Å². The molecule has 1 aliphatic heterocycles. The Balaban J connectivity index is 2.45. The van der Waals surface area contributed by atoms with Gasteiger partial charge in [0.1, 0.15) is 0 Å². The third-order valence-corrected chi connectivity index (χ3v) is 2.42. The molecule has 0 saturated carbocycles. The fourth-order valence-corrected chi connectivity index (χ4v) is 1.36. The molecule has 5 nitrogen and oxygen atoms in total. The molecule has 0 aromatic heterocycles. The summed E-state index contributed by atoms with van der Waals surface area (Å²) < 4.78 is 0. The van der Waals surface area contributed by atoms with Crippen LogP contribution in [0.1, 0.15) is 13.3 Å². The lowest BCUT2D eigenvalue weighted by Gasteiger charge is -2.20. The molecule has 5 heteroatoms. The molecule has 1 atom stereocenters. The van der Waals surface area contributed by atoms with Gasteiger partial charge in [-0.15, -0.1) is 0 Å². The molecule has 1 unspecified atom stereocenters. The number of likely N-dealkylation sites (tertiary alicyclic amines) is 1. The molecule has 1 aliphatic rings. The molecule has 1 saturated heterocycles. The van der Waals surface area contributed by atoms with Crippen molar-refractivity contribution in [3.8, 4) is 0 Å². The lowest BCUT2D eigenvalue weighted by atomic mass is 10.3. The molecule has 0 aliphatic carbocycles. The maximum Gasteiger partial charge on any atom is 0.241 e. The van der Waals surface area contributed by atoms with Gasteiger partial charge in [0, 0.05) is 20.1 Å². The van der Waals surface area contributed by atoms with E-state index in [4.69, 9.17) is 0 Å². The molecule has 1 fully saturated rings. The highest BCUT2D eigenvalue weighted by Crippen LogP contribution is 2.10. The van der Waals surface area contributed by atoms with Crippen molar-refractivity contribution in [1.29, 1.82) is 0 Å². The zero-order valence-electron chi connectivity index (χ0n) is 8.56. The van der Waals surface area contributed by atoms with Gasteiger partial charge in [-0.05, 0) is 6.92 Å². The summed E-state index contributed by atoms with van der Waals surface area (Å²) in [4.78, 5) is 25.6. The Morgan fingerprint density at radius 2 is 2.36 bits per heavy atom. The molecule has 2 amide bonds. The van der Waals surface area contributed by atoms with Gasteiger partial charge in [-0.1, -0.05) is 0 Å². The topological polar surface area (TPSA) is 60.9 Å². The second kappa shape index (κ2) is 4.41. The van der Waals surface area contributed by atoms with Crippen molar-refractivity contribution in [1.82, 2.24) is 9.80 Å². The van der Waals surface area contributed by atoms with Crippen LogP contribution in [0.2, 0.25) is 0 Å². The number of likely N-dealkylation sites (N-methyl/N-ethyl adjacent to an activating group) is 1. The van der Waals surface area contributed by atoms with Crippen molar-refractivity contribution in [2.24, 2.45) is 0 Å². The number of aliphatic hydroxyl groups excluding tert-OH is 1. The van der Waals surface area contributed by atoms with E-state index in [1.165, 1.54) is 4.90 Å². The van der Waals surface area contributed by atoms with Crippen LogP contribution in [-0.2, 0) is 9.59 Å². The molecule has 1 rings (SSSR count). The van der Waals surface area contributed by atoms with Crippen LogP contribution in [-0.4, -0.2) is 59.5 Å². The molecule has 0 aromatic carbocycles. The highest BCUT2D eigenvalue weighted by Gasteiger charge is 2.29. The monoisotopic (exact) mass is 200 g/mol.